The lowest BCUT2D eigenvalue weighted by atomic mass is 9.97. The molecule has 2 aliphatic heterocycles. The molecule has 1 amide bonds. The van der Waals surface area contributed by atoms with Crippen molar-refractivity contribution in [1.29, 1.82) is 0 Å². The van der Waals surface area contributed by atoms with E-state index in [1.54, 1.807) is 0 Å². The molecule has 3 fully saturated rings. The number of carbonyl (C=O) groups is 1. The Kier molecular flexibility index (Phi) is 4.33. The van der Waals surface area contributed by atoms with Crippen LogP contribution in [0.4, 0.5) is 0 Å². The summed E-state index contributed by atoms with van der Waals surface area (Å²) in [6.45, 7) is 2.35. The van der Waals surface area contributed by atoms with Gasteiger partial charge in [-0.2, -0.15) is 4.98 Å². The maximum atomic E-state index is 12.7. The number of hydrogen-bond donors (Lipinski definition) is 0. The maximum Gasteiger partial charge on any atom is 0.229 e. The van der Waals surface area contributed by atoms with E-state index >= 15 is 0 Å². The Bertz CT molecular complexity index is 549. The van der Waals surface area contributed by atoms with Gasteiger partial charge in [0, 0.05) is 44.1 Å². The Labute approximate surface area is 136 Å². The molecule has 1 aromatic rings. The number of likely N-dealkylation sites (tertiary alicyclic amines) is 1. The smallest absolute Gasteiger partial charge is 0.229 e. The van der Waals surface area contributed by atoms with Gasteiger partial charge in [-0.15, -0.1) is 0 Å². The first kappa shape index (κ1) is 15.1. The van der Waals surface area contributed by atoms with Crippen molar-refractivity contribution in [3.05, 3.63) is 11.7 Å². The predicted octanol–water partition coefficient (Wildman–Crippen LogP) is 2.30. The fraction of sp³-hybridized carbons (Fsp3) is 0.824. The van der Waals surface area contributed by atoms with Gasteiger partial charge in [-0.3, -0.25) is 4.79 Å². The van der Waals surface area contributed by atoms with Crippen LogP contribution < -0.4 is 0 Å². The lowest BCUT2D eigenvalue weighted by Crippen LogP contribution is -2.41. The first-order valence-corrected chi connectivity index (χ1v) is 9.02. The predicted molar refractivity (Wildman–Crippen MR) is 82.9 cm³/mol. The second kappa shape index (κ2) is 6.59. The largest absolute Gasteiger partial charge is 0.381 e. The van der Waals surface area contributed by atoms with Crippen LogP contribution in [0.2, 0.25) is 0 Å². The molecule has 0 spiro atoms. The third-order valence-corrected chi connectivity index (χ3v) is 5.34. The minimum Gasteiger partial charge on any atom is -0.381 e. The van der Waals surface area contributed by atoms with E-state index in [1.807, 2.05) is 0 Å². The van der Waals surface area contributed by atoms with E-state index in [0.717, 1.165) is 70.0 Å². The van der Waals surface area contributed by atoms with Crippen LogP contribution in [0, 0.1) is 5.92 Å². The Balaban J connectivity index is 1.32. The van der Waals surface area contributed by atoms with E-state index in [1.165, 1.54) is 12.8 Å². The van der Waals surface area contributed by atoms with E-state index in [9.17, 15) is 4.79 Å². The molecule has 0 bridgehead atoms. The van der Waals surface area contributed by atoms with Crippen LogP contribution in [0.25, 0.3) is 0 Å². The Morgan fingerprint density at radius 2 is 2.00 bits per heavy atom. The van der Waals surface area contributed by atoms with Gasteiger partial charge in [-0.1, -0.05) is 5.16 Å². The van der Waals surface area contributed by atoms with E-state index in [4.69, 9.17) is 9.26 Å². The average molecular weight is 319 g/mol. The van der Waals surface area contributed by atoms with E-state index < -0.39 is 0 Å². The van der Waals surface area contributed by atoms with Crippen LogP contribution in [-0.4, -0.2) is 46.7 Å². The van der Waals surface area contributed by atoms with Crippen molar-refractivity contribution in [3.8, 4) is 0 Å². The van der Waals surface area contributed by atoms with Crippen LogP contribution in [0.3, 0.4) is 0 Å². The minimum absolute atomic E-state index is 0.163. The van der Waals surface area contributed by atoms with Gasteiger partial charge in [0.15, 0.2) is 5.82 Å². The van der Waals surface area contributed by atoms with Crippen molar-refractivity contribution in [2.24, 2.45) is 5.92 Å². The topological polar surface area (TPSA) is 68.5 Å². The number of nitrogens with zero attached hydrogens (tertiary/aromatic N) is 3. The molecule has 0 radical (unpaired) electrons. The van der Waals surface area contributed by atoms with Crippen LogP contribution in [-0.2, 0) is 16.0 Å². The molecule has 4 rings (SSSR count). The number of aryl methyl sites for hydroxylation is 1. The van der Waals surface area contributed by atoms with Gasteiger partial charge in [0.1, 0.15) is 0 Å². The first-order valence-electron chi connectivity index (χ1n) is 9.02. The average Bonchev–Trinajstić information content (AvgIpc) is 3.15. The number of ether oxygens (including phenoxy) is 1. The molecule has 1 aromatic heterocycles. The third kappa shape index (κ3) is 3.42. The SMILES string of the molecule is O=C(C1CCOCC1)N1CCCC1CCc1noc(C2CC2)n1. The van der Waals surface area contributed by atoms with Gasteiger partial charge in [0.25, 0.3) is 0 Å². The second-order valence-corrected chi connectivity index (χ2v) is 7.08. The molecular weight excluding hydrogens is 294 g/mol. The number of carbonyl (C=O) groups excluding carboxylic acids is 1. The van der Waals surface area contributed by atoms with Crippen molar-refractivity contribution < 1.29 is 14.1 Å². The van der Waals surface area contributed by atoms with Crippen LogP contribution in [0.1, 0.15) is 62.6 Å². The third-order valence-electron chi connectivity index (χ3n) is 5.34. The molecule has 0 N–H and O–H groups in total. The Hall–Kier alpha value is -1.43. The number of rotatable bonds is 5. The molecule has 6 nitrogen and oxygen atoms in total. The van der Waals surface area contributed by atoms with Crippen molar-refractivity contribution in [3.63, 3.8) is 0 Å². The molecular formula is C17H25N3O3. The summed E-state index contributed by atoms with van der Waals surface area (Å²) in [4.78, 5) is 19.3. The van der Waals surface area contributed by atoms with Crippen LogP contribution in [0.5, 0.6) is 0 Å². The fourth-order valence-electron chi connectivity index (χ4n) is 3.77. The molecule has 1 saturated carbocycles. The van der Waals surface area contributed by atoms with Gasteiger partial charge in [-0.25, -0.2) is 0 Å². The molecule has 0 aromatic carbocycles. The van der Waals surface area contributed by atoms with Gasteiger partial charge >= 0.3 is 0 Å². The normalized spacial score (nSPS) is 25.9. The zero-order chi connectivity index (χ0) is 15.6. The van der Waals surface area contributed by atoms with Crippen LogP contribution >= 0.6 is 0 Å². The van der Waals surface area contributed by atoms with Gasteiger partial charge < -0.3 is 14.2 Å². The summed E-state index contributed by atoms with van der Waals surface area (Å²) in [5.41, 5.74) is 0. The quantitative estimate of drug-likeness (QED) is 0.833. The Morgan fingerprint density at radius 3 is 2.78 bits per heavy atom. The highest BCUT2D eigenvalue weighted by Gasteiger charge is 2.34. The fourth-order valence-corrected chi connectivity index (χ4v) is 3.77. The lowest BCUT2D eigenvalue weighted by molar-refractivity contribution is -0.139. The molecule has 23 heavy (non-hydrogen) atoms. The molecule has 3 aliphatic rings. The van der Waals surface area contributed by atoms with E-state index in [-0.39, 0.29) is 5.92 Å². The maximum absolute atomic E-state index is 12.7. The van der Waals surface area contributed by atoms with Gasteiger partial charge in [0.05, 0.1) is 0 Å². The van der Waals surface area contributed by atoms with E-state index in [2.05, 4.69) is 15.0 Å². The second-order valence-electron chi connectivity index (χ2n) is 7.08. The molecule has 1 aliphatic carbocycles. The highest BCUT2D eigenvalue weighted by atomic mass is 16.5. The molecule has 1 unspecified atom stereocenters. The Morgan fingerprint density at radius 1 is 1.17 bits per heavy atom. The monoisotopic (exact) mass is 319 g/mol. The molecule has 1 atom stereocenters. The summed E-state index contributed by atoms with van der Waals surface area (Å²) in [6, 6.07) is 0.341. The minimum atomic E-state index is 0.163. The van der Waals surface area contributed by atoms with Crippen molar-refractivity contribution in [1.82, 2.24) is 15.0 Å². The summed E-state index contributed by atoms with van der Waals surface area (Å²) in [5.74, 6) is 2.62. The number of amides is 1. The zero-order valence-corrected chi connectivity index (χ0v) is 13.6. The molecule has 3 heterocycles. The van der Waals surface area contributed by atoms with Crippen molar-refractivity contribution >= 4 is 5.91 Å². The van der Waals surface area contributed by atoms with Crippen LogP contribution in [0.15, 0.2) is 4.52 Å². The zero-order valence-electron chi connectivity index (χ0n) is 13.6. The summed E-state index contributed by atoms with van der Waals surface area (Å²) in [6.07, 6.45) is 8.06. The molecule has 6 heteroatoms. The molecule has 126 valence electrons. The van der Waals surface area contributed by atoms with Gasteiger partial charge in [-0.05, 0) is 44.9 Å². The lowest BCUT2D eigenvalue weighted by Gasteiger charge is -2.30. The number of aromatic nitrogens is 2. The van der Waals surface area contributed by atoms with Crippen molar-refractivity contribution in [2.75, 3.05) is 19.8 Å². The highest BCUT2D eigenvalue weighted by molar-refractivity contribution is 5.79. The number of hydrogen-bond acceptors (Lipinski definition) is 5. The highest BCUT2D eigenvalue weighted by Crippen LogP contribution is 2.39. The standard InChI is InChI=1S/C17H25N3O3/c21-17(13-7-10-22-11-8-13)20-9-1-2-14(20)5-6-15-18-16(23-19-15)12-3-4-12/h12-14H,1-11H2. The first-order chi connectivity index (χ1) is 11.3. The summed E-state index contributed by atoms with van der Waals surface area (Å²) in [7, 11) is 0. The summed E-state index contributed by atoms with van der Waals surface area (Å²) < 4.78 is 10.7. The molecule has 2 saturated heterocycles. The van der Waals surface area contributed by atoms with E-state index in [0.29, 0.717) is 17.9 Å². The van der Waals surface area contributed by atoms with Gasteiger partial charge in [0.2, 0.25) is 11.8 Å². The summed E-state index contributed by atoms with van der Waals surface area (Å²) in [5, 5.41) is 4.09. The van der Waals surface area contributed by atoms with Crippen molar-refractivity contribution in [2.45, 2.75) is 63.3 Å². The summed E-state index contributed by atoms with van der Waals surface area (Å²) >= 11 is 0.